The molecule has 0 fully saturated rings. The molecule has 0 spiro atoms. The molecule has 0 atom stereocenters. The van der Waals surface area contributed by atoms with Crippen molar-refractivity contribution in [3.05, 3.63) is 53.6 Å². The third kappa shape index (κ3) is 5.49. The van der Waals surface area contributed by atoms with Gasteiger partial charge < -0.3 is 18.9 Å². The normalized spacial score (nSPS) is 12.5. The standard InChI is InChI=1S/C22H24O6/c1-22(2,3)28-21(24)13-25-17-6-4-5-16(12-17)18(23)9-7-15-8-10-19-20(11-15)27-14-26-19/h4-6,8,10-12H,7,9,13-14H2,1-3H3. The van der Waals surface area contributed by atoms with Gasteiger partial charge >= 0.3 is 5.97 Å². The molecule has 148 valence electrons. The van der Waals surface area contributed by atoms with Crippen molar-refractivity contribution in [1.82, 2.24) is 0 Å². The number of hydrogen-bond acceptors (Lipinski definition) is 6. The molecule has 2 aromatic rings. The van der Waals surface area contributed by atoms with E-state index >= 15 is 0 Å². The minimum Gasteiger partial charge on any atom is -0.482 e. The molecule has 0 radical (unpaired) electrons. The second-order valence-corrected chi connectivity index (χ2v) is 7.51. The van der Waals surface area contributed by atoms with Crippen LogP contribution in [0, 0.1) is 0 Å². The zero-order valence-corrected chi connectivity index (χ0v) is 16.3. The van der Waals surface area contributed by atoms with Crippen molar-refractivity contribution in [1.29, 1.82) is 0 Å². The molecule has 28 heavy (non-hydrogen) atoms. The quantitative estimate of drug-likeness (QED) is 0.532. The Morgan fingerprint density at radius 1 is 1.04 bits per heavy atom. The highest BCUT2D eigenvalue weighted by atomic mass is 16.7. The Morgan fingerprint density at radius 3 is 2.61 bits per heavy atom. The number of aryl methyl sites for hydroxylation is 1. The van der Waals surface area contributed by atoms with Crippen LogP contribution in [0.15, 0.2) is 42.5 Å². The van der Waals surface area contributed by atoms with Gasteiger partial charge in [-0.05, 0) is 57.0 Å². The highest BCUT2D eigenvalue weighted by Gasteiger charge is 2.17. The molecule has 0 aliphatic carbocycles. The van der Waals surface area contributed by atoms with Crippen LogP contribution in [0.4, 0.5) is 0 Å². The maximum atomic E-state index is 12.5. The van der Waals surface area contributed by atoms with Gasteiger partial charge in [0, 0.05) is 12.0 Å². The summed E-state index contributed by atoms with van der Waals surface area (Å²) in [7, 11) is 0. The molecule has 6 heteroatoms. The summed E-state index contributed by atoms with van der Waals surface area (Å²) in [4.78, 5) is 24.3. The van der Waals surface area contributed by atoms with Gasteiger partial charge in [-0.25, -0.2) is 4.79 Å². The molecular weight excluding hydrogens is 360 g/mol. The lowest BCUT2D eigenvalue weighted by Gasteiger charge is -2.19. The number of carbonyl (C=O) groups excluding carboxylic acids is 2. The van der Waals surface area contributed by atoms with Crippen LogP contribution in [0.3, 0.4) is 0 Å². The largest absolute Gasteiger partial charge is 0.482 e. The average Bonchev–Trinajstić information content (AvgIpc) is 3.11. The summed E-state index contributed by atoms with van der Waals surface area (Å²) in [6, 6.07) is 12.5. The molecule has 0 saturated carbocycles. The number of carbonyl (C=O) groups is 2. The highest BCUT2D eigenvalue weighted by Crippen LogP contribution is 2.32. The summed E-state index contributed by atoms with van der Waals surface area (Å²) < 4.78 is 21.3. The van der Waals surface area contributed by atoms with Crippen LogP contribution >= 0.6 is 0 Å². The van der Waals surface area contributed by atoms with E-state index in [0.29, 0.717) is 29.9 Å². The monoisotopic (exact) mass is 384 g/mol. The lowest BCUT2D eigenvalue weighted by molar-refractivity contribution is -0.157. The lowest BCUT2D eigenvalue weighted by Crippen LogP contribution is -2.27. The van der Waals surface area contributed by atoms with Crippen LogP contribution in [-0.4, -0.2) is 30.8 Å². The Balaban J connectivity index is 1.54. The first kappa shape index (κ1) is 19.7. The number of ether oxygens (including phenoxy) is 4. The van der Waals surface area contributed by atoms with Crippen LogP contribution in [0.5, 0.6) is 17.2 Å². The minimum atomic E-state index is -0.563. The van der Waals surface area contributed by atoms with Crippen LogP contribution in [0.25, 0.3) is 0 Å². The third-order valence-corrected chi connectivity index (χ3v) is 4.01. The van der Waals surface area contributed by atoms with E-state index in [1.807, 2.05) is 18.2 Å². The molecule has 3 rings (SSSR count). The van der Waals surface area contributed by atoms with Crippen LogP contribution in [0.2, 0.25) is 0 Å². The van der Waals surface area contributed by atoms with E-state index in [0.717, 1.165) is 11.3 Å². The zero-order chi connectivity index (χ0) is 20.1. The van der Waals surface area contributed by atoms with Crippen molar-refractivity contribution in [3.8, 4) is 17.2 Å². The fourth-order valence-corrected chi connectivity index (χ4v) is 2.77. The van der Waals surface area contributed by atoms with Crippen LogP contribution in [0.1, 0.15) is 43.1 Å². The number of fused-ring (bicyclic) bond motifs is 1. The van der Waals surface area contributed by atoms with Gasteiger partial charge in [0.25, 0.3) is 0 Å². The molecule has 2 aromatic carbocycles. The first-order chi connectivity index (χ1) is 13.3. The highest BCUT2D eigenvalue weighted by molar-refractivity contribution is 5.96. The molecule has 6 nitrogen and oxygen atoms in total. The first-order valence-corrected chi connectivity index (χ1v) is 9.16. The number of ketones is 1. The molecule has 0 aromatic heterocycles. The van der Waals surface area contributed by atoms with Crippen LogP contribution in [-0.2, 0) is 16.0 Å². The molecule has 0 bridgehead atoms. The molecule has 0 saturated heterocycles. The Kier molecular flexibility index (Phi) is 5.87. The maximum Gasteiger partial charge on any atom is 0.344 e. The molecule has 1 aliphatic heterocycles. The zero-order valence-electron chi connectivity index (χ0n) is 16.3. The Hall–Kier alpha value is -3.02. The number of hydrogen-bond donors (Lipinski definition) is 0. The van der Waals surface area contributed by atoms with Crippen molar-refractivity contribution >= 4 is 11.8 Å². The van der Waals surface area contributed by atoms with E-state index in [4.69, 9.17) is 18.9 Å². The summed E-state index contributed by atoms with van der Waals surface area (Å²) in [5.41, 5.74) is 0.991. The van der Waals surface area contributed by atoms with E-state index in [1.165, 1.54) is 0 Å². The molecule has 0 unspecified atom stereocenters. The number of benzene rings is 2. The van der Waals surface area contributed by atoms with E-state index < -0.39 is 11.6 Å². The third-order valence-electron chi connectivity index (χ3n) is 4.01. The van der Waals surface area contributed by atoms with Gasteiger partial charge in [-0.3, -0.25) is 4.79 Å². The summed E-state index contributed by atoms with van der Waals surface area (Å²) in [5, 5.41) is 0. The first-order valence-electron chi connectivity index (χ1n) is 9.16. The molecule has 0 N–H and O–H groups in total. The maximum absolute atomic E-state index is 12.5. The fourth-order valence-electron chi connectivity index (χ4n) is 2.77. The number of Topliss-reactive ketones (excluding diaryl/α,β-unsaturated/α-hetero) is 1. The lowest BCUT2D eigenvalue weighted by atomic mass is 10.0. The Bertz CT molecular complexity index is 866. The van der Waals surface area contributed by atoms with Crippen molar-refractivity contribution in [2.75, 3.05) is 13.4 Å². The van der Waals surface area contributed by atoms with Crippen molar-refractivity contribution in [2.45, 2.75) is 39.2 Å². The number of rotatable bonds is 7. The SMILES string of the molecule is CC(C)(C)OC(=O)COc1cccc(C(=O)CCc2ccc3c(c2)OCO3)c1. The van der Waals surface area contributed by atoms with E-state index in [2.05, 4.69) is 0 Å². The van der Waals surface area contributed by atoms with Gasteiger partial charge in [-0.1, -0.05) is 18.2 Å². The predicted molar refractivity (Wildman–Crippen MR) is 103 cm³/mol. The van der Waals surface area contributed by atoms with Gasteiger partial charge in [0.05, 0.1) is 0 Å². The smallest absolute Gasteiger partial charge is 0.344 e. The van der Waals surface area contributed by atoms with Gasteiger partial charge in [-0.2, -0.15) is 0 Å². The molecular formula is C22H24O6. The van der Waals surface area contributed by atoms with Crippen molar-refractivity contribution < 1.29 is 28.5 Å². The minimum absolute atomic E-state index is 0.000356. The van der Waals surface area contributed by atoms with E-state index in [9.17, 15) is 9.59 Å². The Morgan fingerprint density at radius 2 is 1.82 bits per heavy atom. The van der Waals surface area contributed by atoms with Crippen molar-refractivity contribution in [2.24, 2.45) is 0 Å². The summed E-state index contributed by atoms with van der Waals surface area (Å²) >= 11 is 0. The number of esters is 1. The predicted octanol–water partition coefficient (Wildman–Crippen LogP) is 3.95. The second-order valence-electron chi connectivity index (χ2n) is 7.51. The topological polar surface area (TPSA) is 71.1 Å². The molecule has 1 aliphatic rings. The van der Waals surface area contributed by atoms with Gasteiger partial charge in [0.1, 0.15) is 11.4 Å². The molecule has 0 amide bonds. The van der Waals surface area contributed by atoms with E-state index in [1.54, 1.807) is 45.0 Å². The van der Waals surface area contributed by atoms with Crippen LogP contribution < -0.4 is 14.2 Å². The summed E-state index contributed by atoms with van der Waals surface area (Å²) in [6.07, 6.45) is 0.952. The van der Waals surface area contributed by atoms with Crippen molar-refractivity contribution in [3.63, 3.8) is 0 Å². The molecule has 1 heterocycles. The van der Waals surface area contributed by atoms with Gasteiger partial charge in [0.15, 0.2) is 23.9 Å². The summed E-state index contributed by atoms with van der Waals surface area (Å²) in [5.74, 6) is 1.44. The second kappa shape index (κ2) is 8.33. The summed E-state index contributed by atoms with van der Waals surface area (Å²) in [6.45, 7) is 5.42. The fraction of sp³-hybridized carbons (Fsp3) is 0.364. The Labute approximate surface area is 164 Å². The van der Waals surface area contributed by atoms with Gasteiger partial charge in [0.2, 0.25) is 6.79 Å². The van der Waals surface area contributed by atoms with E-state index in [-0.39, 0.29) is 19.2 Å². The average molecular weight is 384 g/mol. The van der Waals surface area contributed by atoms with Gasteiger partial charge in [-0.15, -0.1) is 0 Å².